The Kier molecular flexibility index (Phi) is 4.20. The van der Waals surface area contributed by atoms with Crippen molar-refractivity contribution in [2.24, 2.45) is 0 Å². The first-order valence-electron chi connectivity index (χ1n) is 6.80. The van der Waals surface area contributed by atoms with E-state index >= 15 is 0 Å². The Bertz CT molecular complexity index is 438. The van der Waals surface area contributed by atoms with Gasteiger partial charge < -0.3 is 10.6 Å². The molecule has 1 aliphatic rings. The van der Waals surface area contributed by atoms with Crippen molar-refractivity contribution in [2.75, 3.05) is 6.54 Å². The Hall–Kier alpha value is -1.42. The first-order valence-corrected chi connectivity index (χ1v) is 6.80. The minimum atomic E-state index is -0.433. The van der Waals surface area contributed by atoms with E-state index in [4.69, 9.17) is 0 Å². The number of amides is 1. The van der Waals surface area contributed by atoms with Crippen LogP contribution in [0.25, 0.3) is 0 Å². The molecule has 1 amide bonds. The van der Waals surface area contributed by atoms with Gasteiger partial charge in [0.2, 0.25) is 5.91 Å². The standard InChI is InChI=1S/C15H21FN2O/c1-11(10-12-4-6-13(16)7-5-12)18-14(19)15(2)8-3-9-17-15/h4-7,11,17H,3,8-10H2,1-2H3,(H,18,19). The van der Waals surface area contributed by atoms with E-state index in [1.807, 2.05) is 13.8 Å². The molecule has 1 fully saturated rings. The van der Waals surface area contributed by atoms with Crippen LogP contribution < -0.4 is 10.6 Å². The van der Waals surface area contributed by atoms with Gasteiger partial charge in [-0.05, 0) is 57.4 Å². The van der Waals surface area contributed by atoms with Crippen molar-refractivity contribution in [1.29, 1.82) is 0 Å². The van der Waals surface area contributed by atoms with Crippen LogP contribution in [0.3, 0.4) is 0 Å². The molecule has 2 unspecified atom stereocenters. The van der Waals surface area contributed by atoms with Gasteiger partial charge in [-0.15, -0.1) is 0 Å². The molecule has 0 aliphatic carbocycles. The highest BCUT2D eigenvalue weighted by Crippen LogP contribution is 2.18. The summed E-state index contributed by atoms with van der Waals surface area (Å²) in [4.78, 5) is 12.2. The van der Waals surface area contributed by atoms with Crippen LogP contribution >= 0.6 is 0 Å². The number of hydrogen-bond donors (Lipinski definition) is 2. The van der Waals surface area contributed by atoms with Gasteiger partial charge in [0.1, 0.15) is 5.82 Å². The summed E-state index contributed by atoms with van der Waals surface area (Å²) in [5, 5.41) is 6.28. The molecule has 0 aromatic heterocycles. The van der Waals surface area contributed by atoms with Crippen LogP contribution in [0.4, 0.5) is 4.39 Å². The number of carbonyl (C=O) groups excluding carboxylic acids is 1. The summed E-state index contributed by atoms with van der Waals surface area (Å²) in [6.07, 6.45) is 2.63. The van der Waals surface area contributed by atoms with Crippen LogP contribution in [0.1, 0.15) is 32.3 Å². The smallest absolute Gasteiger partial charge is 0.240 e. The highest BCUT2D eigenvalue weighted by Gasteiger charge is 2.36. The zero-order chi connectivity index (χ0) is 13.9. The molecule has 1 aromatic rings. The maximum atomic E-state index is 12.8. The Balaban J connectivity index is 1.88. The topological polar surface area (TPSA) is 41.1 Å². The van der Waals surface area contributed by atoms with E-state index in [2.05, 4.69) is 10.6 Å². The van der Waals surface area contributed by atoms with Gasteiger partial charge in [0.25, 0.3) is 0 Å². The molecule has 0 spiro atoms. The van der Waals surface area contributed by atoms with Crippen LogP contribution in [-0.4, -0.2) is 24.0 Å². The van der Waals surface area contributed by atoms with Gasteiger partial charge in [0.05, 0.1) is 5.54 Å². The van der Waals surface area contributed by atoms with E-state index < -0.39 is 5.54 Å². The van der Waals surface area contributed by atoms with Gasteiger partial charge in [0.15, 0.2) is 0 Å². The molecule has 1 saturated heterocycles. The second-order valence-electron chi connectivity index (χ2n) is 5.57. The number of rotatable bonds is 4. The molecule has 19 heavy (non-hydrogen) atoms. The van der Waals surface area contributed by atoms with Crippen LogP contribution in [0.2, 0.25) is 0 Å². The second-order valence-corrected chi connectivity index (χ2v) is 5.57. The summed E-state index contributed by atoms with van der Waals surface area (Å²) >= 11 is 0. The van der Waals surface area contributed by atoms with Gasteiger partial charge >= 0.3 is 0 Å². The molecule has 104 valence electrons. The molecule has 3 nitrogen and oxygen atoms in total. The van der Waals surface area contributed by atoms with Crippen LogP contribution in [0, 0.1) is 5.82 Å². The highest BCUT2D eigenvalue weighted by atomic mass is 19.1. The second kappa shape index (κ2) is 5.70. The lowest BCUT2D eigenvalue weighted by molar-refractivity contribution is -0.127. The zero-order valence-electron chi connectivity index (χ0n) is 11.5. The van der Waals surface area contributed by atoms with E-state index in [1.54, 1.807) is 12.1 Å². The number of halogens is 1. The average Bonchev–Trinajstić information content (AvgIpc) is 2.80. The zero-order valence-corrected chi connectivity index (χ0v) is 11.5. The van der Waals surface area contributed by atoms with Crippen molar-refractivity contribution in [3.8, 4) is 0 Å². The minimum absolute atomic E-state index is 0.0391. The summed E-state index contributed by atoms with van der Waals surface area (Å²) in [6, 6.07) is 6.45. The lowest BCUT2D eigenvalue weighted by atomic mass is 9.98. The summed E-state index contributed by atoms with van der Waals surface area (Å²) in [5.74, 6) is -0.178. The lowest BCUT2D eigenvalue weighted by Gasteiger charge is -2.25. The van der Waals surface area contributed by atoms with Crippen molar-refractivity contribution in [1.82, 2.24) is 10.6 Å². The van der Waals surface area contributed by atoms with Crippen molar-refractivity contribution in [2.45, 2.75) is 44.7 Å². The first kappa shape index (κ1) is 14.0. The largest absolute Gasteiger partial charge is 0.352 e. The normalized spacial score (nSPS) is 24.2. The van der Waals surface area contributed by atoms with E-state index in [1.165, 1.54) is 12.1 Å². The van der Waals surface area contributed by atoms with Crippen molar-refractivity contribution >= 4 is 5.91 Å². The van der Waals surface area contributed by atoms with Crippen molar-refractivity contribution in [3.05, 3.63) is 35.6 Å². The predicted molar refractivity (Wildman–Crippen MR) is 73.4 cm³/mol. The summed E-state index contributed by atoms with van der Waals surface area (Å²) in [7, 11) is 0. The van der Waals surface area contributed by atoms with Crippen LogP contribution in [0.5, 0.6) is 0 Å². The number of carbonyl (C=O) groups is 1. The van der Waals surface area contributed by atoms with E-state index in [0.29, 0.717) is 6.42 Å². The molecule has 0 bridgehead atoms. The molecule has 1 aliphatic heterocycles. The molecule has 2 N–H and O–H groups in total. The Morgan fingerprint density at radius 1 is 1.47 bits per heavy atom. The Labute approximate surface area is 113 Å². The van der Waals surface area contributed by atoms with Gasteiger partial charge in [-0.3, -0.25) is 4.79 Å². The lowest BCUT2D eigenvalue weighted by Crippen LogP contribution is -2.53. The molecule has 4 heteroatoms. The molecule has 2 rings (SSSR count). The van der Waals surface area contributed by atoms with E-state index in [9.17, 15) is 9.18 Å². The van der Waals surface area contributed by atoms with Gasteiger partial charge in [-0.2, -0.15) is 0 Å². The predicted octanol–water partition coefficient (Wildman–Crippen LogP) is 2.02. The highest BCUT2D eigenvalue weighted by molar-refractivity contribution is 5.86. The maximum absolute atomic E-state index is 12.8. The monoisotopic (exact) mass is 264 g/mol. The third kappa shape index (κ3) is 3.53. The van der Waals surface area contributed by atoms with E-state index in [0.717, 1.165) is 24.9 Å². The third-order valence-corrected chi connectivity index (χ3v) is 3.70. The van der Waals surface area contributed by atoms with Gasteiger partial charge in [-0.25, -0.2) is 4.39 Å². The SMILES string of the molecule is CC(Cc1ccc(F)cc1)NC(=O)C1(C)CCCN1. The van der Waals surface area contributed by atoms with Gasteiger partial charge in [0, 0.05) is 6.04 Å². The fourth-order valence-corrected chi connectivity index (χ4v) is 2.50. The average molecular weight is 264 g/mol. The van der Waals surface area contributed by atoms with Crippen LogP contribution in [0.15, 0.2) is 24.3 Å². The Morgan fingerprint density at radius 2 is 2.16 bits per heavy atom. The molecular weight excluding hydrogens is 243 g/mol. The van der Waals surface area contributed by atoms with Crippen LogP contribution in [-0.2, 0) is 11.2 Å². The molecular formula is C15H21FN2O. The fraction of sp³-hybridized carbons (Fsp3) is 0.533. The van der Waals surface area contributed by atoms with Gasteiger partial charge in [-0.1, -0.05) is 12.1 Å². The van der Waals surface area contributed by atoms with Crippen molar-refractivity contribution in [3.63, 3.8) is 0 Å². The minimum Gasteiger partial charge on any atom is -0.352 e. The van der Waals surface area contributed by atoms with E-state index in [-0.39, 0.29) is 17.8 Å². The fourth-order valence-electron chi connectivity index (χ4n) is 2.50. The molecule has 0 saturated carbocycles. The molecule has 0 radical (unpaired) electrons. The number of hydrogen-bond acceptors (Lipinski definition) is 2. The Morgan fingerprint density at radius 3 is 2.74 bits per heavy atom. The summed E-state index contributed by atoms with van der Waals surface area (Å²) in [5.41, 5.74) is 0.593. The quantitative estimate of drug-likeness (QED) is 0.873. The first-order chi connectivity index (χ1) is 8.99. The summed E-state index contributed by atoms with van der Waals surface area (Å²) in [6.45, 7) is 4.82. The third-order valence-electron chi connectivity index (χ3n) is 3.70. The number of nitrogens with one attached hydrogen (secondary N) is 2. The summed E-state index contributed by atoms with van der Waals surface area (Å²) < 4.78 is 12.8. The van der Waals surface area contributed by atoms with Crippen molar-refractivity contribution < 1.29 is 9.18 Å². The molecule has 2 atom stereocenters. The number of benzene rings is 1. The molecule has 1 aromatic carbocycles. The maximum Gasteiger partial charge on any atom is 0.240 e. The molecule has 1 heterocycles.